The zero-order valence-corrected chi connectivity index (χ0v) is 10.4. The molecule has 1 aromatic rings. The van der Waals surface area contributed by atoms with Crippen LogP contribution in [0.1, 0.15) is 17.5 Å². The summed E-state index contributed by atoms with van der Waals surface area (Å²) < 4.78 is 0. The Labute approximate surface area is 102 Å². The maximum Gasteiger partial charge on any atom is 0.223 e. The van der Waals surface area contributed by atoms with Crippen LogP contribution in [0.4, 0.5) is 0 Å². The van der Waals surface area contributed by atoms with Crippen molar-refractivity contribution in [3.05, 3.63) is 35.4 Å². The number of carbonyl (C=O) groups excluding carboxylic acids is 1. The Hall–Kier alpha value is -0.960. The number of thiol groups is 1. The lowest BCUT2D eigenvalue weighted by molar-refractivity contribution is -0.128. The van der Waals surface area contributed by atoms with E-state index in [0.717, 1.165) is 18.8 Å². The molecular weight excluding hydrogens is 218 g/mol. The fourth-order valence-electron chi connectivity index (χ4n) is 2.16. The van der Waals surface area contributed by atoms with Gasteiger partial charge >= 0.3 is 0 Å². The van der Waals surface area contributed by atoms with Crippen LogP contribution in [0.3, 0.4) is 0 Å². The summed E-state index contributed by atoms with van der Waals surface area (Å²) in [6.45, 7) is 3.67. The van der Waals surface area contributed by atoms with Crippen LogP contribution in [0, 0.1) is 12.8 Å². The predicted octanol–water partition coefficient (Wildman–Crippen LogP) is 2.27. The average Bonchev–Trinajstić information content (AvgIpc) is 2.60. The van der Waals surface area contributed by atoms with E-state index in [2.05, 4.69) is 37.8 Å². The van der Waals surface area contributed by atoms with E-state index in [0.29, 0.717) is 12.3 Å². The van der Waals surface area contributed by atoms with Crippen molar-refractivity contribution < 1.29 is 4.79 Å². The summed E-state index contributed by atoms with van der Waals surface area (Å²) >= 11 is 4.26. The fourth-order valence-corrected chi connectivity index (χ4v) is 2.40. The molecule has 2 rings (SSSR count). The summed E-state index contributed by atoms with van der Waals surface area (Å²) in [6, 6.07) is 8.34. The van der Waals surface area contributed by atoms with Crippen molar-refractivity contribution in [2.75, 3.05) is 12.3 Å². The zero-order chi connectivity index (χ0) is 11.5. The maximum atomic E-state index is 11.7. The van der Waals surface area contributed by atoms with Crippen LogP contribution in [0.5, 0.6) is 0 Å². The highest BCUT2D eigenvalue weighted by atomic mass is 32.1. The second kappa shape index (κ2) is 4.91. The molecule has 0 aliphatic carbocycles. The lowest BCUT2D eigenvalue weighted by atomic mass is 10.1. The quantitative estimate of drug-likeness (QED) is 0.797. The van der Waals surface area contributed by atoms with Gasteiger partial charge in [-0.2, -0.15) is 12.6 Å². The van der Waals surface area contributed by atoms with E-state index in [-0.39, 0.29) is 5.91 Å². The summed E-state index contributed by atoms with van der Waals surface area (Å²) in [5.74, 6) is 1.50. The molecule has 1 heterocycles. The number of amides is 1. The van der Waals surface area contributed by atoms with Crippen molar-refractivity contribution in [2.45, 2.75) is 19.9 Å². The van der Waals surface area contributed by atoms with E-state index in [9.17, 15) is 4.79 Å². The number of likely N-dealkylation sites (tertiary alicyclic amines) is 1. The van der Waals surface area contributed by atoms with E-state index in [1.807, 2.05) is 11.0 Å². The normalized spacial score (nSPS) is 20.5. The molecule has 0 spiro atoms. The average molecular weight is 235 g/mol. The number of rotatable bonds is 3. The van der Waals surface area contributed by atoms with Crippen molar-refractivity contribution in [3.8, 4) is 0 Å². The smallest absolute Gasteiger partial charge is 0.223 e. The molecule has 1 aliphatic heterocycles. The molecule has 1 unspecified atom stereocenters. The summed E-state index contributed by atoms with van der Waals surface area (Å²) in [5.41, 5.74) is 2.46. The Morgan fingerprint density at radius 2 is 2.31 bits per heavy atom. The molecule has 2 nitrogen and oxygen atoms in total. The van der Waals surface area contributed by atoms with Crippen LogP contribution in [0.25, 0.3) is 0 Å². The Bertz CT molecular complexity index is 391. The first-order chi connectivity index (χ1) is 7.69. The first kappa shape index (κ1) is 11.5. The van der Waals surface area contributed by atoms with Crippen molar-refractivity contribution in [3.63, 3.8) is 0 Å². The van der Waals surface area contributed by atoms with E-state index >= 15 is 0 Å². The van der Waals surface area contributed by atoms with Gasteiger partial charge in [-0.05, 0) is 24.2 Å². The molecule has 0 bridgehead atoms. The van der Waals surface area contributed by atoms with Gasteiger partial charge < -0.3 is 4.90 Å². The standard InChI is InChI=1S/C13H17NOS/c1-10-3-2-4-11(5-10)7-14-8-12(9-16)6-13(14)15/h2-5,12,16H,6-9H2,1H3. The summed E-state index contributed by atoms with van der Waals surface area (Å²) in [6.07, 6.45) is 0.662. The van der Waals surface area contributed by atoms with Crippen LogP contribution in [-0.2, 0) is 11.3 Å². The Balaban J connectivity index is 2.03. The van der Waals surface area contributed by atoms with Crippen molar-refractivity contribution in [1.82, 2.24) is 4.90 Å². The second-order valence-electron chi connectivity index (χ2n) is 4.52. The monoisotopic (exact) mass is 235 g/mol. The molecule has 0 saturated carbocycles. The summed E-state index contributed by atoms with van der Waals surface area (Å²) in [5, 5.41) is 0. The van der Waals surface area contributed by atoms with Crippen LogP contribution >= 0.6 is 12.6 Å². The third-order valence-electron chi connectivity index (χ3n) is 3.01. The van der Waals surface area contributed by atoms with E-state index in [1.54, 1.807) is 0 Å². The zero-order valence-electron chi connectivity index (χ0n) is 9.52. The first-order valence-corrected chi connectivity index (χ1v) is 6.26. The molecule has 0 aromatic heterocycles. The third-order valence-corrected chi connectivity index (χ3v) is 3.53. The van der Waals surface area contributed by atoms with Crippen molar-refractivity contribution >= 4 is 18.5 Å². The highest BCUT2D eigenvalue weighted by Gasteiger charge is 2.28. The number of aryl methyl sites for hydroxylation is 1. The van der Waals surface area contributed by atoms with Crippen LogP contribution in [0.2, 0.25) is 0 Å². The summed E-state index contributed by atoms with van der Waals surface area (Å²) in [7, 11) is 0. The molecule has 1 atom stereocenters. The largest absolute Gasteiger partial charge is 0.338 e. The third kappa shape index (κ3) is 2.59. The first-order valence-electron chi connectivity index (χ1n) is 5.63. The highest BCUT2D eigenvalue weighted by molar-refractivity contribution is 7.80. The minimum Gasteiger partial charge on any atom is -0.338 e. The molecular formula is C13H17NOS. The van der Waals surface area contributed by atoms with Crippen LogP contribution in [0.15, 0.2) is 24.3 Å². The second-order valence-corrected chi connectivity index (χ2v) is 4.88. The minimum atomic E-state index is 0.264. The predicted molar refractivity (Wildman–Crippen MR) is 68.6 cm³/mol. The van der Waals surface area contributed by atoms with E-state index in [1.165, 1.54) is 11.1 Å². The molecule has 1 aromatic carbocycles. The molecule has 86 valence electrons. The van der Waals surface area contributed by atoms with Gasteiger partial charge in [0.05, 0.1) is 0 Å². The molecule has 1 saturated heterocycles. The maximum absolute atomic E-state index is 11.7. The van der Waals surface area contributed by atoms with E-state index in [4.69, 9.17) is 0 Å². The SMILES string of the molecule is Cc1cccc(CN2CC(CS)CC2=O)c1. The Morgan fingerprint density at radius 3 is 2.94 bits per heavy atom. The van der Waals surface area contributed by atoms with Gasteiger partial charge in [-0.3, -0.25) is 4.79 Å². The lowest BCUT2D eigenvalue weighted by Gasteiger charge is -2.16. The molecule has 0 radical (unpaired) electrons. The molecule has 3 heteroatoms. The molecule has 0 N–H and O–H groups in total. The summed E-state index contributed by atoms with van der Waals surface area (Å²) in [4.78, 5) is 13.7. The number of hydrogen-bond acceptors (Lipinski definition) is 2. The fraction of sp³-hybridized carbons (Fsp3) is 0.462. The van der Waals surface area contributed by atoms with Crippen LogP contribution < -0.4 is 0 Å². The van der Waals surface area contributed by atoms with E-state index < -0.39 is 0 Å². The van der Waals surface area contributed by atoms with Gasteiger partial charge in [-0.25, -0.2) is 0 Å². The topological polar surface area (TPSA) is 20.3 Å². The number of nitrogens with zero attached hydrogens (tertiary/aromatic N) is 1. The van der Waals surface area contributed by atoms with Gasteiger partial charge in [-0.15, -0.1) is 0 Å². The van der Waals surface area contributed by atoms with Gasteiger partial charge in [0.2, 0.25) is 5.91 Å². The number of carbonyl (C=O) groups is 1. The number of benzene rings is 1. The van der Waals surface area contributed by atoms with Crippen LogP contribution in [-0.4, -0.2) is 23.1 Å². The molecule has 1 amide bonds. The highest BCUT2D eigenvalue weighted by Crippen LogP contribution is 2.21. The van der Waals surface area contributed by atoms with Gasteiger partial charge in [0.15, 0.2) is 0 Å². The van der Waals surface area contributed by atoms with Gasteiger partial charge in [0, 0.05) is 19.5 Å². The minimum absolute atomic E-state index is 0.264. The lowest BCUT2D eigenvalue weighted by Crippen LogP contribution is -2.24. The molecule has 16 heavy (non-hydrogen) atoms. The van der Waals surface area contributed by atoms with Gasteiger partial charge in [-0.1, -0.05) is 29.8 Å². The van der Waals surface area contributed by atoms with Gasteiger partial charge in [0.1, 0.15) is 0 Å². The Morgan fingerprint density at radius 1 is 1.50 bits per heavy atom. The number of hydrogen-bond donors (Lipinski definition) is 1. The van der Waals surface area contributed by atoms with Crippen molar-refractivity contribution in [2.24, 2.45) is 5.92 Å². The van der Waals surface area contributed by atoms with Crippen molar-refractivity contribution in [1.29, 1.82) is 0 Å². The van der Waals surface area contributed by atoms with Gasteiger partial charge in [0.25, 0.3) is 0 Å². The Kier molecular flexibility index (Phi) is 3.54. The molecule has 1 fully saturated rings. The molecule has 1 aliphatic rings.